The maximum Gasteiger partial charge on any atom is 0.410 e. The predicted molar refractivity (Wildman–Crippen MR) is 97.9 cm³/mol. The third-order valence-corrected chi connectivity index (χ3v) is 5.29. The van der Waals surface area contributed by atoms with E-state index in [0.717, 1.165) is 24.4 Å². The lowest BCUT2D eigenvalue weighted by atomic mass is 9.99. The first-order valence-corrected chi connectivity index (χ1v) is 9.44. The topological polar surface area (TPSA) is 64.6 Å². The fourth-order valence-electron chi connectivity index (χ4n) is 3.89. The molecule has 2 aliphatic carbocycles. The van der Waals surface area contributed by atoms with Crippen LogP contribution in [0, 0.1) is 11.8 Å². The van der Waals surface area contributed by atoms with Gasteiger partial charge in [0.05, 0.1) is 19.0 Å². The first-order chi connectivity index (χ1) is 12.3. The Labute approximate surface area is 154 Å². The Morgan fingerprint density at radius 1 is 1.27 bits per heavy atom. The second-order valence-corrected chi connectivity index (χ2v) is 8.63. The number of hydrogen-bond donors (Lipinski definition) is 0. The van der Waals surface area contributed by atoms with Gasteiger partial charge in [-0.15, -0.1) is 0 Å². The van der Waals surface area contributed by atoms with Crippen LogP contribution in [0.5, 0.6) is 5.88 Å². The second kappa shape index (κ2) is 6.25. The molecule has 2 unspecified atom stereocenters. The lowest BCUT2D eigenvalue weighted by Crippen LogP contribution is -2.35. The van der Waals surface area contributed by atoms with Gasteiger partial charge in [0.1, 0.15) is 11.3 Å². The molecule has 140 valence electrons. The highest BCUT2D eigenvalue weighted by atomic mass is 16.6. The van der Waals surface area contributed by atoms with Crippen LogP contribution in [0.25, 0.3) is 5.57 Å². The number of likely N-dealkylation sites (tertiary alicyclic amines) is 1. The average Bonchev–Trinajstić information content (AvgIpc) is 3.22. The molecule has 2 heterocycles. The van der Waals surface area contributed by atoms with Crippen molar-refractivity contribution >= 4 is 11.7 Å². The highest BCUT2D eigenvalue weighted by molar-refractivity contribution is 5.72. The summed E-state index contributed by atoms with van der Waals surface area (Å²) >= 11 is 0. The average molecular weight is 357 g/mol. The minimum atomic E-state index is -0.456. The number of carbonyl (C=O) groups is 1. The van der Waals surface area contributed by atoms with Crippen LogP contribution in [0.4, 0.5) is 4.79 Å². The predicted octanol–water partition coefficient (Wildman–Crippen LogP) is 3.63. The van der Waals surface area contributed by atoms with Gasteiger partial charge in [-0.2, -0.15) is 0 Å². The number of methoxy groups -OCH3 is 1. The van der Waals surface area contributed by atoms with Crippen LogP contribution >= 0.6 is 0 Å². The number of allylic oxidation sites excluding steroid dienone is 1. The standard InChI is InChI=1S/C20H27N3O3/c1-20(2,3)26-19(24)23-10-14-7-13(8-15(14)11-23)17-18(25-4)21-9-16(22-17)12-5-6-12/h7,9,12,14-15H,5-6,8,10-11H2,1-4H3. The number of ether oxygens (including phenoxy) is 2. The third kappa shape index (κ3) is 3.41. The normalized spacial score (nSPS) is 25.1. The second-order valence-electron chi connectivity index (χ2n) is 8.63. The number of amides is 1. The highest BCUT2D eigenvalue weighted by Gasteiger charge is 2.41. The van der Waals surface area contributed by atoms with Crippen molar-refractivity contribution in [2.24, 2.45) is 11.8 Å². The van der Waals surface area contributed by atoms with E-state index < -0.39 is 5.60 Å². The van der Waals surface area contributed by atoms with Crippen LogP contribution in [-0.2, 0) is 4.74 Å². The van der Waals surface area contributed by atoms with Gasteiger partial charge >= 0.3 is 6.09 Å². The number of nitrogens with zero attached hydrogens (tertiary/aromatic N) is 3. The van der Waals surface area contributed by atoms with Crippen LogP contribution < -0.4 is 4.74 Å². The number of aromatic nitrogens is 2. The zero-order valence-electron chi connectivity index (χ0n) is 16.0. The summed E-state index contributed by atoms with van der Waals surface area (Å²) in [6, 6.07) is 0. The van der Waals surface area contributed by atoms with Crippen molar-refractivity contribution in [2.45, 2.75) is 51.6 Å². The van der Waals surface area contributed by atoms with Crippen LogP contribution in [0.2, 0.25) is 0 Å². The summed E-state index contributed by atoms with van der Waals surface area (Å²) in [5.74, 6) is 1.95. The number of rotatable bonds is 3. The van der Waals surface area contributed by atoms with Crippen molar-refractivity contribution < 1.29 is 14.3 Å². The summed E-state index contributed by atoms with van der Waals surface area (Å²) in [5.41, 5.74) is 2.71. The van der Waals surface area contributed by atoms with Crippen LogP contribution in [0.1, 0.15) is 57.3 Å². The molecule has 1 aromatic rings. The molecule has 0 bridgehead atoms. The molecular weight excluding hydrogens is 330 g/mol. The van der Waals surface area contributed by atoms with Gasteiger partial charge in [0.2, 0.25) is 5.88 Å². The molecule has 2 fully saturated rings. The van der Waals surface area contributed by atoms with Gasteiger partial charge in [0.25, 0.3) is 0 Å². The quantitative estimate of drug-likeness (QED) is 0.826. The molecule has 1 aromatic heterocycles. The fourth-order valence-corrected chi connectivity index (χ4v) is 3.89. The van der Waals surface area contributed by atoms with Gasteiger partial charge in [-0.3, -0.25) is 0 Å². The van der Waals surface area contributed by atoms with Gasteiger partial charge in [0, 0.05) is 24.9 Å². The van der Waals surface area contributed by atoms with E-state index in [9.17, 15) is 4.79 Å². The molecule has 1 aliphatic heterocycles. The van der Waals surface area contributed by atoms with E-state index in [1.165, 1.54) is 18.4 Å². The van der Waals surface area contributed by atoms with E-state index in [1.54, 1.807) is 7.11 Å². The lowest BCUT2D eigenvalue weighted by Gasteiger charge is -2.24. The van der Waals surface area contributed by atoms with Gasteiger partial charge in [-0.05, 0) is 51.5 Å². The molecule has 6 heteroatoms. The molecular formula is C20H27N3O3. The van der Waals surface area contributed by atoms with E-state index in [2.05, 4.69) is 11.1 Å². The maximum atomic E-state index is 12.3. The van der Waals surface area contributed by atoms with Crippen molar-refractivity contribution in [3.63, 3.8) is 0 Å². The monoisotopic (exact) mass is 357 g/mol. The van der Waals surface area contributed by atoms with Gasteiger partial charge in [-0.25, -0.2) is 14.8 Å². The number of fused-ring (bicyclic) bond motifs is 1. The van der Waals surface area contributed by atoms with E-state index >= 15 is 0 Å². The zero-order valence-corrected chi connectivity index (χ0v) is 16.0. The van der Waals surface area contributed by atoms with Gasteiger partial charge in [-0.1, -0.05) is 6.08 Å². The largest absolute Gasteiger partial charge is 0.479 e. The van der Waals surface area contributed by atoms with Gasteiger partial charge < -0.3 is 14.4 Å². The summed E-state index contributed by atoms with van der Waals surface area (Å²) in [5, 5.41) is 0. The van der Waals surface area contributed by atoms with Crippen molar-refractivity contribution in [1.82, 2.24) is 14.9 Å². The molecule has 4 rings (SSSR count). The smallest absolute Gasteiger partial charge is 0.410 e. The molecule has 1 amide bonds. The summed E-state index contributed by atoms with van der Waals surface area (Å²) in [7, 11) is 1.64. The Morgan fingerprint density at radius 3 is 2.65 bits per heavy atom. The molecule has 0 aromatic carbocycles. The zero-order chi connectivity index (χ0) is 18.5. The van der Waals surface area contributed by atoms with Gasteiger partial charge in [0.15, 0.2) is 0 Å². The fraction of sp³-hybridized carbons (Fsp3) is 0.650. The van der Waals surface area contributed by atoms with Crippen LogP contribution in [0.15, 0.2) is 12.3 Å². The minimum Gasteiger partial charge on any atom is -0.479 e. The van der Waals surface area contributed by atoms with E-state index in [-0.39, 0.29) is 6.09 Å². The highest BCUT2D eigenvalue weighted by Crippen LogP contribution is 2.44. The minimum absolute atomic E-state index is 0.213. The molecule has 3 aliphatic rings. The summed E-state index contributed by atoms with van der Waals surface area (Å²) in [4.78, 5) is 23.5. The SMILES string of the molecule is COc1ncc(C2CC2)nc1C1=CC2CN(C(=O)OC(C)(C)C)CC2C1. The molecule has 0 radical (unpaired) electrons. The molecule has 26 heavy (non-hydrogen) atoms. The van der Waals surface area contributed by atoms with Crippen molar-refractivity contribution in [1.29, 1.82) is 0 Å². The maximum absolute atomic E-state index is 12.3. The molecule has 1 saturated carbocycles. The third-order valence-electron chi connectivity index (χ3n) is 5.29. The Bertz CT molecular complexity index is 749. The van der Waals surface area contributed by atoms with Crippen LogP contribution in [0.3, 0.4) is 0 Å². The first kappa shape index (κ1) is 17.3. The first-order valence-electron chi connectivity index (χ1n) is 9.44. The van der Waals surface area contributed by atoms with E-state index in [0.29, 0.717) is 30.2 Å². The lowest BCUT2D eigenvalue weighted by molar-refractivity contribution is 0.0285. The van der Waals surface area contributed by atoms with E-state index in [4.69, 9.17) is 14.5 Å². The Morgan fingerprint density at radius 2 is 2.04 bits per heavy atom. The summed E-state index contributed by atoms with van der Waals surface area (Å²) < 4.78 is 11.0. The Balaban J connectivity index is 1.50. The summed E-state index contributed by atoms with van der Waals surface area (Å²) in [6.07, 6.45) is 7.21. The molecule has 2 atom stereocenters. The molecule has 6 nitrogen and oxygen atoms in total. The number of hydrogen-bond acceptors (Lipinski definition) is 5. The molecule has 0 N–H and O–H groups in total. The van der Waals surface area contributed by atoms with Crippen LogP contribution in [-0.4, -0.2) is 46.8 Å². The Hall–Kier alpha value is -2.11. The molecule has 1 saturated heterocycles. The van der Waals surface area contributed by atoms with Crippen molar-refractivity contribution in [3.8, 4) is 5.88 Å². The Kier molecular flexibility index (Phi) is 4.16. The van der Waals surface area contributed by atoms with Crippen molar-refractivity contribution in [2.75, 3.05) is 20.2 Å². The van der Waals surface area contributed by atoms with Crippen molar-refractivity contribution in [3.05, 3.63) is 23.7 Å². The van der Waals surface area contributed by atoms with E-state index in [1.807, 2.05) is 31.9 Å². The molecule has 0 spiro atoms. The number of carbonyl (C=O) groups excluding carboxylic acids is 1. The summed E-state index contributed by atoms with van der Waals surface area (Å²) in [6.45, 7) is 7.14.